The van der Waals surface area contributed by atoms with Crippen LogP contribution in [0, 0.1) is 0 Å². The van der Waals surface area contributed by atoms with Crippen molar-refractivity contribution in [1.29, 1.82) is 0 Å². The van der Waals surface area contributed by atoms with Crippen LogP contribution in [-0.2, 0) is 11.0 Å². The minimum Gasteiger partial charge on any atom is -0.489 e. The zero-order valence-electron chi connectivity index (χ0n) is 18.4. The lowest BCUT2D eigenvalue weighted by Crippen LogP contribution is -2.30. The standard InChI is InChI=1S/C21H21BrF3N5O5/c1-2-15(20(31)32)30-27-19(26-29-30)17-10-18(28-35-17)34-13-6-4-12(5-7-13)33-16-9-11(21(23,24)25)3-8-14(16)22/h3,8-10,12-13,15H,2,4-7H2,1H3,(H,31,32). The van der Waals surface area contributed by atoms with Gasteiger partial charge in [0.05, 0.1) is 22.2 Å². The van der Waals surface area contributed by atoms with E-state index in [0.29, 0.717) is 30.2 Å². The van der Waals surface area contributed by atoms with Crippen LogP contribution in [0.25, 0.3) is 11.6 Å². The summed E-state index contributed by atoms with van der Waals surface area (Å²) in [6, 6.07) is 3.87. The van der Waals surface area contributed by atoms with Gasteiger partial charge in [0, 0.05) is 0 Å². The van der Waals surface area contributed by atoms with Gasteiger partial charge in [0.15, 0.2) is 6.04 Å². The predicted molar refractivity (Wildman–Crippen MR) is 117 cm³/mol. The molecule has 1 N–H and O–H groups in total. The summed E-state index contributed by atoms with van der Waals surface area (Å²) >= 11 is 3.24. The third-order valence-electron chi connectivity index (χ3n) is 5.55. The molecule has 1 aromatic carbocycles. The second-order valence-corrected chi connectivity index (χ2v) is 8.86. The van der Waals surface area contributed by atoms with Gasteiger partial charge in [0.1, 0.15) is 11.9 Å². The van der Waals surface area contributed by atoms with E-state index in [-0.39, 0.29) is 41.8 Å². The quantitative estimate of drug-likeness (QED) is 0.409. The van der Waals surface area contributed by atoms with Gasteiger partial charge in [-0.05, 0) is 76.6 Å². The first-order chi connectivity index (χ1) is 16.6. The molecule has 1 saturated carbocycles. The van der Waals surface area contributed by atoms with Crippen molar-refractivity contribution in [1.82, 2.24) is 25.4 Å². The molecule has 2 aromatic heterocycles. The minimum atomic E-state index is -4.45. The maximum atomic E-state index is 13.0. The zero-order valence-corrected chi connectivity index (χ0v) is 20.0. The van der Waals surface area contributed by atoms with Crippen LogP contribution < -0.4 is 9.47 Å². The first-order valence-corrected chi connectivity index (χ1v) is 11.6. The van der Waals surface area contributed by atoms with Crippen molar-refractivity contribution < 1.29 is 37.1 Å². The molecule has 35 heavy (non-hydrogen) atoms. The number of halogens is 4. The monoisotopic (exact) mass is 559 g/mol. The molecular weight excluding hydrogens is 539 g/mol. The van der Waals surface area contributed by atoms with Crippen molar-refractivity contribution in [2.75, 3.05) is 0 Å². The van der Waals surface area contributed by atoms with E-state index in [1.807, 2.05) is 0 Å². The summed E-state index contributed by atoms with van der Waals surface area (Å²) in [5.41, 5.74) is -0.766. The van der Waals surface area contributed by atoms with Gasteiger partial charge in [0.2, 0.25) is 11.6 Å². The van der Waals surface area contributed by atoms with Crippen molar-refractivity contribution >= 4 is 21.9 Å². The number of carboxylic acid groups (broad SMARTS) is 1. The van der Waals surface area contributed by atoms with Crippen LogP contribution in [0.3, 0.4) is 0 Å². The fourth-order valence-electron chi connectivity index (χ4n) is 3.70. The van der Waals surface area contributed by atoms with E-state index in [9.17, 15) is 23.1 Å². The molecule has 1 aliphatic rings. The van der Waals surface area contributed by atoms with E-state index in [2.05, 4.69) is 36.5 Å². The SMILES string of the molecule is CCC(C(=O)O)n1nnc(-c2cc(OC3CCC(Oc4cc(C(F)(F)F)ccc4Br)CC3)no2)n1. The van der Waals surface area contributed by atoms with E-state index in [1.165, 1.54) is 12.1 Å². The number of benzene rings is 1. The van der Waals surface area contributed by atoms with Crippen molar-refractivity contribution in [3.8, 4) is 23.2 Å². The van der Waals surface area contributed by atoms with Gasteiger partial charge in [0.25, 0.3) is 5.88 Å². The van der Waals surface area contributed by atoms with Gasteiger partial charge in [-0.15, -0.1) is 15.0 Å². The van der Waals surface area contributed by atoms with Crippen LogP contribution in [0.4, 0.5) is 13.2 Å². The van der Waals surface area contributed by atoms with Gasteiger partial charge in [-0.1, -0.05) is 6.92 Å². The molecule has 14 heteroatoms. The van der Waals surface area contributed by atoms with Gasteiger partial charge < -0.3 is 19.1 Å². The summed E-state index contributed by atoms with van der Waals surface area (Å²) in [5.74, 6) is -0.447. The number of alkyl halides is 3. The summed E-state index contributed by atoms with van der Waals surface area (Å²) in [6.07, 6.45) is -2.21. The van der Waals surface area contributed by atoms with E-state index < -0.39 is 23.8 Å². The van der Waals surface area contributed by atoms with E-state index in [1.54, 1.807) is 6.92 Å². The molecule has 1 unspecified atom stereocenters. The normalized spacial score (nSPS) is 19.3. The number of tetrazole rings is 1. The molecule has 2 heterocycles. The second kappa shape index (κ2) is 10.2. The highest BCUT2D eigenvalue weighted by Crippen LogP contribution is 2.37. The third-order valence-corrected chi connectivity index (χ3v) is 6.20. The highest BCUT2D eigenvalue weighted by atomic mass is 79.9. The summed E-state index contributed by atoms with van der Waals surface area (Å²) in [7, 11) is 0. The molecular formula is C21H21BrF3N5O5. The van der Waals surface area contributed by atoms with Gasteiger partial charge in [-0.3, -0.25) is 0 Å². The number of rotatable bonds is 8. The molecule has 0 radical (unpaired) electrons. The third kappa shape index (κ3) is 5.92. The molecule has 0 bridgehead atoms. The summed E-state index contributed by atoms with van der Waals surface area (Å²) in [4.78, 5) is 12.3. The number of hydrogen-bond donors (Lipinski definition) is 1. The molecule has 0 amide bonds. The Morgan fingerprint density at radius 2 is 1.91 bits per heavy atom. The number of aromatic nitrogens is 5. The van der Waals surface area contributed by atoms with E-state index in [4.69, 9.17) is 14.0 Å². The maximum Gasteiger partial charge on any atom is 0.416 e. The average molecular weight is 560 g/mol. The lowest BCUT2D eigenvalue weighted by molar-refractivity contribution is -0.141. The van der Waals surface area contributed by atoms with Crippen LogP contribution in [0.5, 0.6) is 11.6 Å². The number of ether oxygens (including phenoxy) is 2. The van der Waals surface area contributed by atoms with Crippen molar-refractivity contribution in [2.24, 2.45) is 0 Å². The maximum absolute atomic E-state index is 13.0. The first kappa shape index (κ1) is 24.9. The Morgan fingerprint density at radius 1 is 1.23 bits per heavy atom. The molecule has 3 aromatic rings. The lowest BCUT2D eigenvalue weighted by atomic mass is 9.95. The Balaban J connectivity index is 1.32. The Labute approximate surface area is 205 Å². The van der Waals surface area contributed by atoms with Crippen molar-refractivity contribution in [2.45, 2.75) is 63.5 Å². The molecule has 188 valence electrons. The summed E-state index contributed by atoms with van der Waals surface area (Å²) in [5, 5.41) is 24.7. The second-order valence-electron chi connectivity index (χ2n) is 8.00. The molecule has 1 aliphatic carbocycles. The molecule has 0 aliphatic heterocycles. The number of carboxylic acids is 1. The average Bonchev–Trinajstić information content (AvgIpc) is 3.46. The largest absolute Gasteiger partial charge is 0.489 e. The Kier molecular flexibility index (Phi) is 7.28. The smallest absolute Gasteiger partial charge is 0.416 e. The van der Waals surface area contributed by atoms with Crippen LogP contribution in [0.2, 0.25) is 0 Å². The van der Waals surface area contributed by atoms with Gasteiger partial charge in [-0.2, -0.15) is 13.2 Å². The fraction of sp³-hybridized carbons (Fsp3) is 0.476. The first-order valence-electron chi connectivity index (χ1n) is 10.8. The Morgan fingerprint density at radius 3 is 2.54 bits per heavy atom. The van der Waals surface area contributed by atoms with Gasteiger partial charge in [-0.25, -0.2) is 4.79 Å². The van der Waals surface area contributed by atoms with Crippen LogP contribution in [-0.4, -0.2) is 48.6 Å². The Hall–Kier alpha value is -3.16. The highest BCUT2D eigenvalue weighted by Gasteiger charge is 2.32. The Bertz CT molecular complexity index is 1180. The van der Waals surface area contributed by atoms with Crippen molar-refractivity contribution in [3.63, 3.8) is 0 Å². The number of hydrogen-bond acceptors (Lipinski definition) is 8. The van der Waals surface area contributed by atoms with Crippen LogP contribution in [0.15, 0.2) is 33.3 Å². The summed E-state index contributed by atoms with van der Waals surface area (Å²) in [6.45, 7) is 1.69. The van der Waals surface area contributed by atoms with E-state index >= 15 is 0 Å². The summed E-state index contributed by atoms with van der Waals surface area (Å²) < 4.78 is 56.3. The molecule has 1 atom stereocenters. The highest BCUT2D eigenvalue weighted by molar-refractivity contribution is 9.10. The minimum absolute atomic E-state index is 0.0795. The topological polar surface area (TPSA) is 125 Å². The number of aliphatic carboxylic acids is 1. The lowest BCUT2D eigenvalue weighted by Gasteiger charge is -2.29. The van der Waals surface area contributed by atoms with Crippen LogP contribution >= 0.6 is 15.9 Å². The molecule has 1 fully saturated rings. The molecule has 0 spiro atoms. The van der Waals surface area contributed by atoms with E-state index in [0.717, 1.165) is 16.9 Å². The molecule has 0 saturated heterocycles. The number of carbonyl (C=O) groups is 1. The molecule has 10 nitrogen and oxygen atoms in total. The van der Waals surface area contributed by atoms with Gasteiger partial charge >= 0.3 is 12.1 Å². The zero-order chi connectivity index (χ0) is 25.2. The van der Waals surface area contributed by atoms with Crippen molar-refractivity contribution in [3.05, 3.63) is 34.3 Å². The van der Waals surface area contributed by atoms with Crippen LogP contribution in [0.1, 0.15) is 50.6 Å². The number of nitrogens with zero attached hydrogens (tertiary/aromatic N) is 5. The molecule has 4 rings (SSSR count). The fourth-order valence-corrected chi connectivity index (χ4v) is 4.04. The predicted octanol–water partition coefficient (Wildman–Crippen LogP) is 4.91.